The SMILES string of the molecule is C=CC[N+]12CCc3ccccc3C1c1ccsc1CC2. The monoisotopic (exact) mass is 282 g/mol. The fourth-order valence-corrected chi connectivity index (χ4v) is 5.07. The summed E-state index contributed by atoms with van der Waals surface area (Å²) in [5.41, 5.74) is 4.68. The van der Waals surface area contributed by atoms with Crippen molar-refractivity contribution in [2.24, 2.45) is 0 Å². The molecular formula is C18H20NS+. The van der Waals surface area contributed by atoms with E-state index < -0.39 is 0 Å². The lowest BCUT2D eigenvalue weighted by molar-refractivity contribution is -0.950. The molecule has 0 N–H and O–H groups in total. The molecule has 0 fully saturated rings. The number of nitrogens with zero attached hydrogens (tertiary/aromatic N) is 1. The van der Waals surface area contributed by atoms with Crippen molar-refractivity contribution in [2.75, 3.05) is 19.6 Å². The maximum atomic E-state index is 4.03. The van der Waals surface area contributed by atoms with Crippen LogP contribution < -0.4 is 0 Å². The summed E-state index contributed by atoms with van der Waals surface area (Å²) in [4.78, 5) is 1.60. The van der Waals surface area contributed by atoms with E-state index >= 15 is 0 Å². The van der Waals surface area contributed by atoms with E-state index in [0.717, 1.165) is 6.54 Å². The normalized spacial score (nSPS) is 27.3. The summed E-state index contributed by atoms with van der Waals surface area (Å²) in [6, 6.07) is 12.0. The molecule has 2 aliphatic heterocycles. The smallest absolute Gasteiger partial charge is 0.142 e. The van der Waals surface area contributed by atoms with Gasteiger partial charge < -0.3 is 4.48 Å². The molecule has 0 spiro atoms. The molecule has 2 aromatic rings. The van der Waals surface area contributed by atoms with Crippen LogP contribution >= 0.6 is 11.3 Å². The summed E-state index contributed by atoms with van der Waals surface area (Å²) in [5, 5.41) is 2.27. The number of hydrogen-bond donors (Lipinski definition) is 0. The molecule has 1 aromatic carbocycles. The highest BCUT2D eigenvalue weighted by Gasteiger charge is 2.46. The molecule has 0 bridgehead atoms. The van der Waals surface area contributed by atoms with Gasteiger partial charge in [0.15, 0.2) is 0 Å². The van der Waals surface area contributed by atoms with Crippen molar-refractivity contribution >= 4 is 11.3 Å². The summed E-state index contributed by atoms with van der Waals surface area (Å²) in [6.07, 6.45) is 4.57. The number of rotatable bonds is 2. The van der Waals surface area contributed by atoms with Crippen LogP contribution in [0.4, 0.5) is 0 Å². The Balaban J connectivity index is 1.93. The number of thiophene rings is 1. The average Bonchev–Trinajstić information content (AvgIpc) is 2.95. The maximum Gasteiger partial charge on any atom is 0.142 e. The van der Waals surface area contributed by atoms with E-state index in [9.17, 15) is 0 Å². The van der Waals surface area contributed by atoms with Crippen LogP contribution in [0.15, 0.2) is 48.4 Å². The molecule has 1 aromatic heterocycles. The molecule has 0 aliphatic carbocycles. The third-order valence-corrected chi connectivity index (χ3v) is 6.07. The minimum absolute atomic E-state index is 0.535. The first-order chi connectivity index (χ1) is 9.84. The van der Waals surface area contributed by atoms with Gasteiger partial charge in [0.1, 0.15) is 6.04 Å². The maximum absolute atomic E-state index is 4.03. The summed E-state index contributed by atoms with van der Waals surface area (Å²) >= 11 is 1.94. The van der Waals surface area contributed by atoms with Crippen molar-refractivity contribution in [3.63, 3.8) is 0 Å². The van der Waals surface area contributed by atoms with Crippen molar-refractivity contribution in [3.8, 4) is 0 Å². The van der Waals surface area contributed by atoms with Crippen molar-refractivity contribution in [3.05, 3.63) is 69.9 Å². The zero-order chi connectivity index (χ0) is 13.6. The largest absolute Gasteiger partial charge is 0.310 e. The Bertz CT molecular complexity index is 657. The van der Waals surface area contributed by atoms with Gasteiger partial charge >= 0.3 is 0 Å². The van der Waals surface area contributed by atoms with Gasteiger partial charge in [-0.3, -0.25) is 0 Å². The van der Waals surface area contributed by atoms with E-state index in [1.165, 1.54) is 30.4 Å². The molecule has 0 amide bonds. The molecule has 3 heterocycles. The predicted molar refractivity (Wildman–Crippen MR) is 85.1 cm³/mol. The predicted octanol–water partition coefficient (Wildman–Crippen LogP) is 3.95. The molecule has 2 aliphatic rings. The quantitative estimate of drug-likeness (QED) is 0.578. The first kappa shape index (κ1) is 12.4. The topological polar surface area (TPSA) is 0 Å². The number of quaternary nitrogens is 1. The van der Waals surface area contributed by atoms with Gasteiger partial charge in [0.25, 0.3) is 0 Å². The Labute approximate surface area is 124 Å². The minimum Gasteiger partial charge on any atom is -0.310 e. The third-order valence-electron chi connectivity index (χ3n) is 5.08. The molecule has 2 heteroatoms. The van der Waals surface area contributed by atoms with Crippen LogP contribution in [0.5, 0.6) is 0 Å². The van der Waals surface area contributed by atoms with Gasteiger partial charge in [-0.1, -0.05) is 30.8 Å². The first-order valence-corrected chi connectivity index (χ1v) is 8.33. The molecule has 0 radical (unpaired) electrons. The molecule has 1 nitrogen and oxygen atoms in total. The van der Waals surface area contributed by atoms with E-state index in [1.54, 1.807) is 21.6 Å². The Kier molecular flexibility index (Phi) is 2.83. The van der Waals surface area contributed by atoms with E-state index in [4.69, 9.17) is 0 Å². The van der Waals surface area contributed by atoms with Crippen molar-refractivity contribution in [1.82, 2.24) is 0 Å². The lowest BCUT2D eigenvalue weighted by Crippen LogP contribution is -2.57. The van der Waals surface area contributed by atoms with Crippen LogP contribution in [0.1, 0.15) is 27.6 Å². The molecule has 0 saturated carbocycles. The van der Waals surface area contributed by atoms with E-state index in [2.05, 4.69) is 48.4 Å². The van der Waals surface area contributed by atoms with Crippen LogP contribution in [0.25, 0.3) is 0 Å². The fraction of sp³-hybridized carbons (Fsp3) is 0.333. The highest BCUT2D eigenvalue weighted by molar-refractivity contribution is 7.10. The van der Waals surface area contributed by atoms with E-state index in [1.807, 2.05) is 11.3 Å². The second kappa shape index (κ2) is 4.57. The van der Waals surface area contributed by atoms with Gasteiger partial charge in [-0.2, -0.15) is 0 Å². The van der Waals surface area contributed by atoms with Gasteiger partial charge in [-0.05, 0) is 23.1 Å². The standard InChI is InChI=1S/C18H20NS/c1-2-10-19-11-7-14-5-3-4-6-15(14)18(19)16-9-13-20-17(16)8-12-19/h2-6,9,13,18H,1,7-8,10-12H2/q+1. The molecule has 2 unspecified atom stereocenters. The number of hydrogen-bond acceptors (Lipinski definition) is 1. The van der Waals surface area contributed by atoms with Gasteiger partial charge in [0.2, 0.25) is 0 Å². The van der Waals surface area contributed by atoms with E-state index in [-0.39, 0.29) is 0 Å². The van der Waals surface area contributed by atoms with Crippen LogP contribution in [0.3, 0.4) is 0 Å². The van der Waals surface area contributed by atoms with Gasteiger partial charge in [-0.15, -0.1) is 11.3 Å². The second-order valence-corrected chi connectivity index (χ2v) is 7.04. The summed E-state index contributed by atoms with van der Waals surface area (Å²) in [7, 11) is 0. The summed E-state index contributed by atoms with van der Waals surface area (Å²) < 4.78 is 1.18. The Morgan fingerprint density at radius 2 is 2.00 bits per heavy atom. The molecular weight excluding hydrogens is 262 g/mol. The lowest BCUT2D eigenvalue weighted by Gasteiger charge is -2.50. The van der Waals surface area contributed by atoms with Crippen molar-refractivity contribution in [2.45, 2.75) is 18.9 Å². The van der Waals surface area contributed by atoms with Crippen molar-refractivity contribution in [1.29, 1.82) is 0 Å². The van der Waals surface area contributed by atoms with Gasteiger partial charge in [0, 0.05) is 28.8 Å². The molecule has 2 atom stereocenters. The minimum atomic E-state index is 0.535. The Morgan fingerprint density at radius 3 is 2.90 bits per heavy atom. The number of fused-ring (bicyclic) bond motifs is 5. The lowest BCUT2D eigenvalue weighted by atomic mass is 9.83. The molecule has 0 saturated heterocycles. The Morgan fingerprint density at radius 1 is 1.15 bits per heavy atom. The van der Waals surface area contributed by atoms with Gasteiger partial charge in [-0.25, -0.2) is 0 Å². The van der Waals surface area contributed by atoms with Gasteiger partial charge in [0.05, 0.1) is 19.6 Å². The molecule has 20 heavy (non-hydrogen) atoms. The van der Waals surface area contributed by atoms with Crippen molar-refractivity contribution < 1.29 is 4.48 Å². The molecule has 4 rings (SSSR count). The zero-order valence-electron chi connectivity index (χ0n) is 11.7. The highest BCUT2D eigenvalue weighted by Crippen LogP contribution is 2.46. The summed E-state index contributed by atoms with van der Waals surface area (Å²) in [5.74, 6) is 0. The first-order valence-electron chi connectivity index (χ1n) is 7.45. The molecule has 102 valence electrons. The number of benzene rings is 1. The van der Waals surface area contributed by atoms with Crippen LogP contribution in [-0.4, -0.2) is 24.1 Å². The van der Waals surface area contributed by atoms with Crippen LogP contribution in [0.2, 0.25) is 0 Å². The van der Waals surface area contributed by atoms with E-state index in [0.29, 0.717) is 6.04 Å². The average molecular weight is 282 g/mol. The Hall–Kier alpha value is -1.38. The third kappa shape index (κ3) is 1.65. The highest BCUT2D eigenvalue weighted by atomic mass is 32.1. The fourth-order valence-electron chi connectivity index (χ4n) is 4.17. The van der Waals surface area contributed by atoms with Crippen LogP contribution in [0, 0.1) is 0 Å². The summed E-state index contributed by atoms with van der Waals surface area (Å²) in [6.45, 7) is 7.63. The zero-order valence-corrected chi connectivity index (χ0v) is 12.5. The second-order valence-electron chi connectivity index (χ2n) is 6.04. The van der Waals surface area contributed by atoms with Crippen LogP contribution in [-0.2, 0) is 12.8 Å².